The molecule has 1 N–H and O–H groups in total. The second kappa shape index (κ2) is 5.54. The van der Waals surface area contributed by atoms with Gasteiger partial charge in [-0.25, -0.2) is 4.98 Å². The van der Waals surface area contributed by atoms with Gasteiger partial charge in [0, 0.05) is 13.7 Å². The monoisotopic (exact) mass is 273 g/mol. The third-order valence-electron chi connectivity index (χ3n) is 4.29. The molecule has 0 bridgehead atoms. The van der Waals surface area contributed by atoms with Crippen LogP contribution in [0, 0.1) is 0 Å². The summed E-state index contributed by atoms with van der Waals surface area (Å²) < 4.78 is 7.59. The quantitative estimate of drug-likeness (QED) is 0.931. The molecule has 108 valence electrons. The van der Waals surface area contributed by atoms with Crippen molar-refractivity contribution < 1.29 is 4.74 Å². The van der Waals surface area contributed by atoms with E-state index in [1.54, 1.807) is 7.11 Å². The molecule has 1 aromatic heterocycles. The number of benzene rings is 1. The average Bonchev–Trinajstić information content (AvgIpc) is 2.85. The summed E-state index contributed by atoms with van der Waals surface area (Å²) in [5.41, 5.74) is 2.26. The number of nitrogens with zero attached hydrogens (tertiary/aromatic N) is 2. The third-order valence-corrected chi connectivity index (χ3v) is 4.29. The van der Waals surface area contributed by atoms with Crippen molar-refractivity contribution in [3.05, 3.63) is 30.1 Å². The van der Waals surface area contributed by atoms with Gasteiger partial charge in [0.1, 0.15) is 5.82 Å². The van der Waals surface area contributed by atoms with Gasteiger partial charge in [-0.05, 0) is 44.9 Å². The van der Waals surface area contributed by atoms with E-state index in [1.165, 1.54) is 18.4 Å². The summed E-state index contributed by atoms with van der Waals surface area (Å²) in [5.74, 6) is 1.15. The Morgan fingerprint density at radius 3 is 2.95 bits per heavy atom. The zero-order valence-electron chi connectivity index (χ0n) is 12.4. The lowest BCUT2D eigenvalue weighted by Crippen LogP contribution is -2.45. The Labute approximate surface area is 120 Å². The topological polar surface area (TPSA) is 39.1 Å². The number of hydrogen-bond acceptors (Lipinski definition) is 3. The number of imidazole rings is 1. The van der Waals surface area contributed by atoms with Gasteiger partial charge in [-0.2, -0.15) is 0 Å². The normalized spacial score (nSPS) is 23.3. The number of hydrogen-bond donors (Lipinski definition) is 1. The molecule has 1 atom stereocenters. The van der Waals surface area contributed by atoms with Crippen molar-refractivity contribution in [2.45, 2.75) is 38.3 Å². The summed E-state index contributed by atoms with van der Waals surface area (Å²) >= 11 is 0. The summed E-state index contributed by atoms with van der Waals surface area (Å²) in [6.07, 6.45) is 3.66. The molecule has 3 rings (SSSR count). The molecule has 1 aliphatic heterocycles. The van der Waals surface area contributed by atoms with E-state index in [9.17, 15) is 0 Å². The number of aromatic nitrogens is 2. The standard InChI is InChI=1S/C16H23N3O/c1-16(9-5-6-10-17-16)15-18-13-7-3-4-8-14(13)19(15)11-12-20-2/h3-4,7-8,17H,5-6,9-12H2,1-2H3. The Kier molecular flexibility index (Phi) is 3.76. The molecular weight excluding hydrogens is 250 g/mol. The second-order valence-corrected chi connectivity index (χ2v) is 5.78. The number of methoxy groups -OCH3 is 1. The van der Waals surface area contributed by atoms with Gasteiger partial charge >= 0.3 is 0 Å². The van der Waals surface area contributed by atoms with Gasteiger partial charge in [-0.15, -0.1) is 0 Å². The molecule has 0 aliphatic carbocycles. The van der Waals surface area contributed by atoms with Crippen LogP contribution in [0.15, 0.2) is 24.3 Å². The number of nitrogens with one attached hydrogen (secondary N) is 1. The first kappa shape index (κ1) is 13.6. The van der Waals surface area contributed by atoms with Crippen molar-refractivity contribution in [2.24, 2.45) is 0 Å². The van der Waals surface area contributed by atoms with Crippen LogP contribution in [0.1, 0.15) is 32.0 Å². The highest BCUT2D eigenvalue weighted by Crippen LogP contribution is 2.31. The van der Waals surface area contributed by atoms with E-state index in [1.807, 2.05) is 0 Å². The molecule has 2 aromatic rings. The van der Waals surface area contributed by atoms with Crippen LogP contribution in [0.4, 0.5) is 0 Å². The van der Waals surface area contributed by atoms with Crippen LogP contribution in [0.2, 0.25) is 0 Å². The summed E-state index contributed by atoms with van der Waals surface area (Å²) in [6, 6.07) is 8.37. The van der Waals surface area contributed by atoms with Crippen LogP contribution < -0.4 is 5.32 Å². The highest BCUT2D eigenvalue weighted by atomic mass is 16.5. The highest BCUT2D eigenvalue weighted by molar-refractivity contribution is 5.76. The SMILES string of the molecule is COCCn1c(C2(C)CCCCN2)nc2ccccc21. The lowest BCUT2D eigenvalue weighted by Gasteiger charge is -2.34. The van der Waals surface area contributed by atoms with E-state index >= 15 is 0 Å². The summed E-state index contributed by atoms with van der Waals surface area (Å²) in [4.78, 5) is 4.91. The molecule has 0 amide bonds. The molecule has 0 spiro atoms. The third kappa shape index (κ3) is 2.34. The number of rotatable bonds is 4. The van der Waals surface area contributed by atoms with Crippen LogP contribution in [-0.2, 0) is 16.8 Å². The van der Waals surface area contributed by atoms with Gasteiger partial charge in [0.05, 0.1) is 23.2 Å². The van der Waals surface area contributed by atoms with Crippen LogP contribution in [-0.4, -0.2) is 29.8 Å². The van der Waals surface area contributed by atoms with Gasteiger partial charge in [0.15, 0.2) is 0 Å². The van der Waals surface area contributed by atoms with E-state index in [4.69, 9.17) is 9.72 Å². The Balaban J connectivity index is 2.08. The molecular formula is C16H23N3O. The molecule has 1 saturated heterocycles. The lowest BCUT2D eigenvalue weighted by molar-refractivity contribution is 0.182. The zero-order chi connectivity index (χ0) is 14.0. The van der Waals surface area contributed by atoms with Gasteiger partial charge in [-0.1, -0.05) is 12.1 Å². The summed E-state index contributed by atoms with van der Waals surface area (Å²) in [6.45, 7) is 4.91. The molecule has 4 nitrogen and oxygen atoms in total. The molecule has 1 fully saturated rings. The van der Waals surface area contributed by atoms with Gasteiger partial charge in [0.25, 0.3) is 0 Å². The van der Waals surface area contributed by atoms with Crippen molar-refractivity contribution in [3.8, 4) is 0 Å². The van der Waals surface area contributed by atoms with E-state index in [0.29, 0.717) is 6.61 Å². The first-order valence-corrected chi connectivity index (χ1v) is 7.44. The second-order valence-electron chi connectivity index (χ2n) is 5.78. The Bertz CT molecular complexity index is 584. The maximum Gasteiger partial charge on any atom is 0.130 e. The minimum Gasteiger partial charge on any atom is -0.383 e. The number of piperidine rings is 1. The molecule has 2 heterocycles. The van der Waals surface area contributed by atoms with Crippen LogP contribution in [0.5, 0.6) is 0 Å². The van der Waals surface area contributed by atoms with Crippen LogP contribution in [0.25, 0.3) is 11.0 Å². The van der Waals surface area contributed by atoms with E-state index < -0.39 is 0 Å². The minimum absolute atomic E-state index is 0.0228. The smallest absolute Gasteiger partial charge is 0.130 e. The molecule has 1 unspecified atom stereocenters. The molecule has 1 aliphatic rings. The van der Waals surface area contributed by atoms with Gasteiger partial charge in [-0.3, -0.25) is 0 Å². The fraction of sp³-hybridized carbons (Fsp3) is 0.562. The van der Waals surface area contributed by atoms with Gasteiger partial charge in [0.2, 0.25) is 0 Å². The van der Waals surface area contributed by atoms with Crippen LogP contribution >= 0.6 is 0 Å². The molecule has 1 aromatic carbocycles. The largest absolute Gasteiger partial charge is 0.383 e. The lowest BCUT2D eigenvalue weighted by atomic mass is 9.90. The van der Waals surface area contributed by atoms with Crippen molar-refractivity contribution in [3.63, 3.8) is 0 Å². The number of ether oxygens (including phenoxy) is 1. The molecule has 20 heavy (non-hydrogen) atoms. The van der Waals surface area contributed by atoms with E-state index in [-0.39, 0.29) is 5.54 Å². The molecule has 0 saturated carbocycles. The maximum absolute atomic E-state index is 5.27. The van der Waals surface area contributed by atoms with Crippen molar-refractivity contribution >= 4 is 11.0 Å². The van der Waals surface area contributed by atoms with Crippen molar-refractivity contribution in [1.82, 2.24) is 14.9 Å². The molecule has 4 heteroatoms. The number of fused-ring (bicyclic) bond motifs is 1. The number of para-hydroxylation sites is 2. The zero-order valence-corrected chi connectivity index (χ0v) is 12.4. The van der Waals surface area contributed by atoms with E-state index in [2.05, 4.69) is 41.1 Å². The van der Waals surface area contributed by atoms with E-state index in [0.717, 1.165) is 30.9 Å². The summed E-state index contributed by atoms with van der Waals surface area (Å²) in [7, 11) is 1.75. The first-order chi connectivity index (χ1) is 9.74. The fourth-order valence-electron chi connectivity index (χ4n) is 3.15. The Morgan fingerprint density at radius 1 is 1.35 bits per heavy atom. The summed E-state index contributed by atoms with van der Waals surface area (Å²) in [5, 5.41) is 3.67. The highest BCUT2D eigenvalue weighted by Gasteiger charge is 2.33. The van der Waals surface area contributed by atoms with Crippen molar-refractivity contribution in [2.75, 3.05) is 20.3 Å². The minimum atomic E-state index is -0.0228. The van der Waals surface area contributed by atoms with Crippen molar-refractivity contribution in [1.29, 1.82) is 0 Å². The Morgan fingerprint density at radius 2 is 2.20 bits per heavy atom. The van der Waals surface area contributed by atoms with Crippen LogP contribution in [0.3, 0.4) is 0 Å². The first-order valence-electron chi connectivity index (χ1n) is 7.44. The Hall–Kier alpha value is -1.39. The average molecular weight is 273 g/mol. The van der Waals surface area contributed by atoms with Gasteiger partial charge < -0.3 is 14.6 Å². The predicted molar refractivity (Wildman–Crippen MR) is 80.8 cm³/mol. The maximum atomic E-state index is 5.27. The molecule has 0 radical (unpaired) electrons. The fourth-order valence-corrected chi connectivity index (χ4v) is 3.15. The predicted octanol–water partition coefficient (Wildman–Crippen LogP) is 2.67.